The second kappa shape index (κ2) is 7.34. The number of carbonyl (C=O) groups is 2. The van der Waals surface area contributed by atoms with E-state index in [4.69, 9.17) is 4.74 Å². The quantitative estimate of drug-likeness (QED) is 0.621. The summed E-state index contributed by atoms with van der Waals surface area (Å²) in [7, 11) is 0. The van der Waals surface area contributed by atoms with E-state index in [9.17, 15) is 9.59 Å². The molecule has 1 heterocycles. The van der Waals surface area contributed by atoms with E-state index in [0.29, 0.717) is 19.4 Å². The lowest BCUT2D eigenvalue weighted by molar-refractivity contribution is -0.121. The molecule has 0 bridgehead atoms. The molecule has 2 atom stereocenters. The van der Waals surface area contributed by atoms with Crippen molar-refractivity contribution in [1.82, 2.24) is 4.90 Å². The molecule has 2 unspecified atom stereocenters. The van der Waals surface area contributed by atoms with Crippen LogP contribution in [0.3, 0.4) is 0 Å². The standard InChI is InChI=1S/C17H23BrN2O3/c1-17(2,3)23-16(22)20-10-9-12(11-14(20)18)15(21)19-13-7-5-4-6-8-13/h4-8,12,14H,9-11H2,1-3H3,(H,19,21). The van der Waals surface area contributed by atoms with Crippen molar-refractivity contribution in [3.05, 3.63) is 30.3 Å². The molecule has 126 valence electrons. The topological polar surface area (TPSA) is 58.6 Å². The third kappa shape index (κ3) is 5.23. The molecule has 0 radical (unpaired) electrons. The van der Waals surface area contributed by atoms with Gasteiger partial charge in [-0.1, -0.05) is 34.1 Å². The van der Waals surface area contributed by atoms with E-state index in [1.54, 1.807) is 4.90 Å². The number of halogens is 1. The number of rotatable bonds is 2. The van der Waals surface area contributed by atoms with Crippen LogP contribution in [0.2, 0.25) is 0 Å². The van der Waals surface area contributed by atoms with Gasteiger partial charge in [-0.05, 0) is 45.7 Å². The van der Waals surface area contributed by atoms with Gasteiger partial charge < -0.3 is 10.1 Å². The summed E-state index contributed by atoms with van der Waals surface area (Å²) in [6, 6.07) is 9.39. The summed E-state index contributed by atoms with van der Waals surface area (Å²) >= 11 is 3.50. The Morgan fingerprint density at radius 2 is 1.91 bits per heavy atom. The molecule has 6 heteroatoms. The largest absolute Gasteiger partial charge is 0.444 e. The number of hydrogen-bond donors (Lipinski definition) is 1. The first-order chi connectivity index (χ1) is 10.8. The Labute approximate surface area is 145 Å². The van der Waals surface area contributed by atoms with Crippen LogP contribution in [0.4, 0.5) is 10.5 Å². The molecule has 0 saturated carbocycles. The van der Waals surface area contributed by atoms with Gasteiger partial charge in [-0.2, -0.15) is 0 Å². The van der Waals surface area contributed by atoms with Gasteiger partial charge in [0.05, 0.1) is 4.95 Å². The number of anilines is 1. The summed E-state index contributed by atoms with van der Waals surface area (Å²) in [5.41, 5.74) is 0.268. The van der Waals surface area contributed by atoms with Crippen LogP contribution in [-0.2, 0) is 9.53 Å². The minimum atomic E-state index is -0.522. The number of ether oxygens (including phenoxy) is 1. The van der Waals surface area contributed by atoms with Crippen molar-refractivity contribution in [3.63, 3.8) is 0 Å². The number of amides is 2. The number of alkyl halides is 1. The lowest BCUT2D eigenvalue weighted by atomic mass is 9.96. The first-order valence-electron chi connectivity index (χ1n) is 7.76. The number of nitrogens with one attached hydrogen (secondary N) is 1. The number of nitrogens with zero attached hydrogens (tertiary/aromatic N) is 1. The minimum Gasteiger partial charge on any atom is -0.444 e. The van der Waals surface area contributed by atoms with Crippen molar-refractivity contribution in [1.29, 1.82) is 0 Å². The first-order valence-corrected chi connectivity index (χ1v) is 8.67. The molecule has 0 aliphatic carbocycles. The fourth-order valence-corrected chi connectivity index (χ4v) is 3.27. The molecule has 1 fully saturated rings. The van der Waals surface area contributed by atoms with E-state index in [1.165, 1.54) is 0 Å². The first kappa shape index (κ1) is 17.8. The molecule has 2 amide bonds. The highest BCUT2D eigenvalue weighted by Gasteiger charge is 2.35. The molecule has 0 aromatic heterocycles. The summed E-state index contributed by atoms with van der Waals surface area (Å²) in [6.45, 7) is 6.02. The van der Waals surface area contributed by atoms with Gasteiger partial charge in [0.1, 0.15) is 5.60 Å². The van der Waals surface area contributed by atoms with Gasteiger partial charge in [-0.3, -0.25) is 9.69 Å². The van der Waals surface area contributed by atoms with E-state index in [-0.39, 0.29) is 22.9 Å². The van der Waals surface area contributed by atoms with Crippen molar-refractivity contribution in [2.45, 2.75) is 44.2 Å². The van der Waals surface area contributed by atoms with Crippen LogP contribution in [-0.4, -0.2) is 34.0 Å². The zero-order valence-corrected chi connectivity index (χ0v) is 15.3. The Morgan fingerprint density at radius 3 is 2.48 bits per heavy atom. The van der Waals surface area contributed by atoms with Crippen molar-refractivity contribution >= 4 is 33.6 Å². The SMILES string of the molecule is CC(C)(C)OC(=O)N1CCC(C(=O)Nc2ccccc2)CC1Br. The number of benzene rings is 1. The van der Waals surface area contributed by atoms with E-state index in [1.807, 2.05) is 51.1 Å². The molecular formula is C17H23BrN2O3. The van der Waals surface area contributed by atoms with Crippen LogP contribution in [0.1, 0.15) is 33.6 Å². The van der Waals surface area contributed by atoms with E-state index in [2.05, 4.69) is 21.2 Å². The van der Waals surface area contributed by atoms with Crippen molar-refractivity contribution in [2.24, 2.45) is 5.92 Å². The Morgan fingerprint density at radius 1 is 1.26 bits per heavy atom. The van der Waals surface area contributed by atoms with Crippen molar-refractivity contribution < 1.29 is 14.3 Å². The van der Waals surface area contributed by atoms with Crippen LogP contribution in [0, 0.1) is 5.92 Å². The Bertz CT molecular complexity index is 557. The van der Waals surface area contributed by atoms with Crippen LogP contribution in [0.25, 0.3) is 0 Å². The smallest absolute Gasteiger partial charge is 0.411 e. The zero-order chi connectivity index (χ0) is 17.0. The molecule has 1 aliphatic rings. The molecule has 1 aliphatic heterocycles. The fraction of sp³-hybridized carbons (Fsp3) is 0.529. The van der Waals surface area contributed by atoms with Gasteiger partial charge in [0.25, 0.3) is 0 Å². The molecule has 5 nitrogen and oxygen atoms in total. The monoisotopic (exact) mass is 382 g/mol. The molecule has 1 saturated heterocycles. The van der Waals surface area contributed by atoms with Crippen molar-refractivity contribution in [3.8, 4) is 0 Å². The number of carbonyl (C=O) groups excluding carboxylic acids is 2. The number of likely N-dealkylation sites (tertiary alicyclic amines) is 1. The van der Waals surface area contributed by atoms with Crippen LogP contribution >= 0.6 is 15.9 Å². The summed E-state index contributed by atoms with van der Waals surface area (Å²) in [4.78, 5) is 26.0. The number of hydrogen-bond acceptors (Lipinski definition) is 3. The average Bonchev–Trinajstić information content (AvgIpc) is 2.46. The Balaban J connectivity index is 1.90. The highest BCUT2D eigenvalue weighted by Crippen LogP contribution is 2.29. The molecule has 23 heavy (non-hydrogen) atoms. The van der Waals surface area contributed by atoms with Gasteiger partial charge in [0.2, 0.25) is 5.91 Å². The summed E-state index contributed by atoms with van der Waals surface area (Å²) < 4.78 is 5.40. The van der Waals surface area contributed by atoms with E-state index < -0.39 is 5.60 Å². The summed E-state index contributed by atoms with van der Waals surface area (Å²) in [5.74, 6) is -0.136. The third-order valence-corrected chi connectivity index (χ3v) is 4.44. The van der Waals surface area contributed by atoms with Crippen LogP contribution in [0.5, 0.6) is 0 Å². The number of para-hydroxylation sites is 1. The van der Waals surface area contributed by atoms with Gasteiger partial charge in [0.15, 0.2) is 0 Å². The number of piperidine rings is 1. The van der Waals surface area contributed by atoms with Crippen molar-refractivity contribution in [2.75, 3.05) is 11.9 Å². The zero-order valence-electron chi connectivity index (χ0n) is 13.7. The predicted octanol–water partition coefficient (Wildman–Crippen LogP) is 3.99. The Hall–Kier alpha value is -1.56. The summed E-state index contributed by atoms with van der Waals surface area (Å²) in [6.07, 6.45) is 0.846. The Kier molecular flexibility index (Phi) is 5.68. The van der Waals surface area contributed by atoms with Gasteiger partial charge >= 0.3 is 6.09 Å². The molecule has 2 rings (SSSR count). The maximum Gasteiger partial charge on any atom is 0.411 e. The lowest BCUT2D eigenvalue weighted by Crippen LogP contribution is -2.47. The van der Waals surface area contributed by atoms with E-state index in [0.717, 1.165) is 5.69 Å². The second-order valence-electron chi connectivity index (χ2n) is 6.68. The van der Waals surface area contributed by atoms with Crippen LogP contribution < -0.4 is 5.32 Å². The highest BCUT2D eigenvalue weighted by atomic mass is 79.9. The maximum absolute atomic E-state index is 12.4. The normalized spacial score (nSPS) is 21.7. The average molecular weight is 383 g/mol. The lowest BCUT2D eigenvalue weighted by Gasteiger charge is -2.36. The van der Waals surface area contributed by atoms with E-state index >= 15 is 0 Å². The van der Waals surface area contributed by atoms with Gasteiger partial charge in [-0.25, -0.2) is 4.79 Å². The highest BCUT2D eigenvalue weighted by molar-refractivity contribution is 9.09. The van der Waals surface area contributed by atoms with Gasteiger partial charge in [-0.15, -0.1) is 0 Å². The fourth-order valence-electron chi connectivity index (χ4n) is 2.45. The second-order valence-corrected chi connectivity index (χ2v) is 7.74. The molecule has 0 spiro atoms. The molecule has 1 aromatic rings. The minimum absolute atomic E-state index is 0.00973. The van der Waals surface area contributed by atoms with Gasteiger partial charge in [0, 0.05) is 18.2 Å². The third-order valence-electron chi connectivity index (χ3n) is 3.58. The summed E-state index contributed by atoms with van der Waals surface area (Å²) in [5, 5.41) is 2.92. The predicted molar refractivity (Wildman–Crippen MR) is 93.5 cm³/mol. The molecule has 1 N–H and O–H groups in total. The molecular weight excluding hydrogens is 360 g/mol. The molecule has 1 aromatic carbocycles. The maximum atomic E-state index is 12.4. The van der Waals surface area contributed by atoms with Crippen LogP contribution in [0.15, 0.2) is 30.3 Å².